The molecular formula is C20H18IN5O. The van der Waals surface area contributed by atoms with Crippen molar-refractivity contribution in [3.63, 3.8) is 0 Å². The first-order chi connectivity index (χ1) is 13.0. The Morgan fingerprint density at radius 1 is 1.07 bits per heavy atom. The molecule has 0 amide bonds. The van der Waals surface area contributed by atoms with Gasteiger partial charge in [-0.25, -0.2) is 4.98 Å². The fraction of sp³-hybridized carbons (Fsp3) is 0.150. The SMILES string of the molecule is COc1cccc([C@@](C)(I)Nc2cnc3cc(-c4cn[nH]c4)ccc3n2)c1. The Hall–Kier alpha value is -2.68. The Morgan fingerprint density at radius 3 is 2.74 bits per heavy atom. The molecule has 27 heavy (non-hydrogen) atoms. The van der Waals surface area contributed by atoms with Gasteiger partial charge in [0.05, 0.1) is 30.5 Å². The van der Waals surface area contributed by atoms with Gasteiger partial charge in [-0.1, -0.05) is 18.2 Å². The third kappa shape index (κ3) is 3.73. The number of nitrogens with zero attached hydrogens (tertiary/aromatic N) is 3. The van der Waals surface area contributed by atoms with Crippen molar-refractivity contribution in [1.82, 2.24) is 20.2 Å². The first kappa shape index (κ1) is 17.7. The van der Waals surface area contributed by atoms with Crippen LogP contribution >= 0.6 is 22.6 Å². The van der Waals surface area contributed by atoms with E-state index in [1.165, 1.54) is 0 Å². The largest absolute Gasteiger partial charge is 0.497 e. The number of ether oxygens (including phenoxy) is 1. The van der Waals surface area contributed by atoms with Crippen molar-refractivity contribution < 1.29 is 4.74 Å². The molecule has 0 bridgehead atoms. The Balaban J connectivity index is 1.62. The summed E-state index contributed by atoms with van der Waals surface area (Å²) < 4.78 is 4.98. The molecule has 2 N–H and O–H groups in total. The van der Waals surface area contributed by atoms with E-state index in [9.17, 15) is 0 Å². The van der Waals surface area contributed by atoms with Crippen LogP contribution in [0, 0.1) is 0 Å². The van der Waals surface area contributed by atoms with Crippen LogP contribution in [-0.4, -0.2) is 27.3 Å². The second-order valence-electron chi connectivity index (χ2n) is 6.31. The second-order valence-corrected chi connectivity index (χ2v) is 8.46. The van der Waals surface area contributed by atoms with Crippen molar-refractivity contribution >= 4 is 39.4 Å². The van der Waals surface area contributed by atoms with Crippen LogP contribution in [0.4, 0.5) is 5.82 Å². The highest BCUT2D eigenvalue weighted by Crippen LogP contribution is 2.34. The van der Waals surface area contributed by atoms with Crippen molar-refractivity contribution in [3.05, 3.63) is 66.6 Å². The van der Waals surface area contributed by atoms with Gasteiger partial charge >= 0.3 is 0 Å². The molecule has 6 nitrogen and oxygen atoms in total. The number of rotatable bonds is 5. The topological polar surface area (TPSA) is 75.7 Å². The number of H-pyrrole nitrogens is 1. The number of nitrogens with one attached hydrogen (secondary N) is 2. The molecule has 0 fully saturated rings. The smallest absolute Gasteiger partial charge is 0.146 e. The Bertz CT molecular complexity index is 1080. The highest BCUT2D eigenvalue weighted by Gasteiger charge is 2.23. The van der Waals surface area contributed by atoms with Crippen molar-refractivity contribution in [2.24, 2.45) is 0 Å². The number of fused-ring (bicyclic) bond motifs is 1. The molecule has 0 spiro atoms. The average molecular weight is 471 g/mol. The molecule has 0 aliphatic heterocycles. The second kappa shape index (κ2) is 7.15. The molecule has 7 heteroatoms. The lowest BCUT2D eigenvalue weighted by atomic mass is 10.1. The van der Waals surface area contributed by atoms with Gasteiger partial charge in [0.2, 0.25) is 0 Å². The van der Waals surface area contributed by atoms with Crippen LogP contribution in [0.1, 0.15) is 12.5 Å². The molecule has 1 atom stereocenters. The highest BCUT2D eigenvalue weighted by molar-refractivity contribution is 14.1. The number of benzene rings is 2. The average Bonchev–Trinajstić information content (AvgIpc) is 3.22. The van der Waals surface area contributed by atoms with Gasteiger partial charge in [-0.15, -0.1) is 0 Å². The maximum absolute atomic E-state index is 5.33. The van der Waals surface area contributed by atoms with Gasteiger partial charge in [0.25, 0.3) is 0 Å². The van der Waals surface area contributed by atoms with Crippen molar-refractivity contribution in [2.75, 3.05) is 12.4 Å². The lowest BCUT2D eigenvalue weighted by Crippen LogP contribution is -2.25. The molecule has 0 saturated heterocycles. The zero-order valence-corrected chi connectivity index (χ0v) is 17.1. The highest BCUT2D eigenvalue weighted by atomic mass is 127. The van der Waals surface area contributed by atoms with Crippen LogP contribution in [-0.2, 0) is 3.55 Å². The number of alkyl halides is 1. The monoisotopic (exact) mass is 471 g/mol. The molecule has 136 valence electrons. The maximum Gasteiger partial charge on any atom is 0.146 e. The van der Waals surface area contributed by atoms with Gasteiger partial charge in [0.15, 0.2) is 0 Å². The van der Waals surface area contributed by atoms with Crippen LogP contribution < -0.4 is 10.1 Å². The normalized spacial score (nSPS) is 13.3. The van der Waals surface area contributed by atoms with Gasteiger partial charge in [0, 0.05) is 11.8 Å². The summed E-state index contributed by atoms with van der Waals surface area (Å²) in [6, 6.07) is 14.0. The van der Waals surface area contributed by atoms with Gasteiger partial charge in [0.1, 0.15) is 15.1 Å². The molecule has 2 heterocycles. The summed E-state index contributed by atoms with van der Waals surface area (Å²) in [4.78, 5) is 9.30. The molecule has 0 radical (unpaired) electrons. The van der Waals surface area contributed by atoms with Crippen molar-refractivity contribution in [1.29, 1.82) is 0 Å². The van der Waals surface area contributed by atoms with E-state index >= 15 is 0 Å². The molecule has 4 aromatic rings. The zero-order valence-electron chi connectivity index (χ0n) is 14.9. The first-order valence-corrected chi connectivity index (χ1v) is 9.51. The number of hydrogen-bond acceptors (Lipinski definition) is 5. The van der Waals surface area contributed by atoms with Gasteiger partial charge in [-0.05, 0) is 64.9 Å². The molecule has 0 aliphatic carbocycles. The van der Waals surface area contributed by atoms with Gasteiger partial charge < -0.3 is 10.1 Å². The van der Waals surface area contributed by atoms with E-state index < -0.39 is 0 Å². The number of methoxy groups -OCH3 is 1. The summed E-state index contributed by atoms with van der Waals surface area (Å²) >= 11 is 2.37. The minimum Gasteiger partial charge on any atom is -0.497 e. The maximum atomic E-state index is 5.33. The zero-order chi connectivity index (χ0) is 18.9. The number of anilines is 1. The lowest BCUT2D eigenvalue weighted by Gasteiger charge is -2.25. The summed E-state index contributed by atoms with van der Waals surface area (Å²) in [6.07, 6.45) is 5.42. The van der Waals surface area contributed by atoms with E-state index in [1.54, 1.807) is 19.5 Å². The minimum absolute atomic E-state index is 0.356. The molecule has 2 aromatic carbocycles. The van der Waals surface area contributed by atoms with E-state index in [0.29, 0.717) is 0 Å². The Kier molecular flexibility index (Phi) is 4.69. The van der Waals surface area contributed by atoms with Crippen LogP contribution in [0.3, 0.4) is 0 Å². The van der Waals surface area contributed by atoms with Crippen LogP contribution in [0.15, 0.2) is 61.1 Å². The Labute approximate surface area is 170 Å². The summed E-state index contributed by atoms with van der Waals surface area (Å²) in [5, 5.41) is 10.3. The number of aromatic nitrogens is 4. The quantitative estimate of drug-likeness (QED) is 0.250. The van der Waals surface area contributed by atoms with Gasteiger partial charge in [-0.3, -0.25) is 10.1 Å². The third-order valence-corrected chi connectivity index (χ3v) is 5.24. The van der Waals surface area contributed by atoms with Gasteiger partial charge in [-0.2, -0.15) is 5.10 Å². The van der Waals surface area contributed by atoms with Crippen molar-refractivity contribution in [2.45, 2.75) is 10.5 Å². The first-order valence-electron chi connectivity index (χ1n) is 8.43. The molecule has 0 aliphatic rings. The van der Waals surface area contributed by atoms with E-state index in [1.807, 2.05) is 42.6 Å². The van der Waals surface area contributed by atoms with Crippen LogP contribution in [0.25, 0.3) is 22.2 Å². The lowest BCUT2D eigenvalue weighted by molar-refractivity contribution is 0.414. The molecule has 2 aromatic heterocycles. The predicted molar refractivity (Wildman–Crippen MR) is 115 cm³/mol. The van der Waals surface area contributed by atoms with Crippen LogP contribution in [0.5, 0.6) is 5.75 Å². The third-order valence-electron chi connectivity index (χ3n) is 4.35. The predicted octanol–water partition coefficient (Wildman–Crippen LogP) is 4.75. The molecule has 4 rings (SSSR count). The van der Waals surface area contributed by atoms with Crippen molar-refractivity contribution in [3.8, 4) is 16.9 Å². The fourth-order valence-corrected chi connectivity index (χ4v) is 3.50. The van der Waals surface area contributed by atoms with E-state index in [4.69, 9.17) is 9.72 Å². The molecule has 0 saturated carbocycles. The molecular weight excluding hydrogens is 453 g/mol. The van der Waals surface area contributed by atoms with Crippen LogP contribution in [0.2, 0.25) is 0 Å². The Morgan fingerprint density at radius 2 is 1.96 bits per heavy atom. The minimum atomic E-state index is -0.356. The summed E-state index contributed by atoms with van der Waals surface area (Å²) in [6.45, 7) is 2.09. The summed E-state index contributed by atoms with van der Waals surface area (Å²) in [5.41, 5.74) is 4.86. The summed E-state index contributed by atoms with van der Waals surface area (Å²) in [7, 11) is 1.67. The van der Waals surface area contributed by atoms with E-state index in [2.05, 4.69) is 56.1 Å². The molecule has 0 unspecified atom stereocenters. The number of hydrogen-bond donors (Lipinski definition) is 2. The number of aromatic amines is 1. The van der Waals surface area contributed by atoms with E-state index in [-0.39, 0.29) is 3.55 Å². The summed E-state index contributed by atoms with van der Waals surface area (Å²) in [5.74, 6) is 1.55. The van der Waals surface area contributed by atoms with E-state index in [0.717, 1.165) is 39.3 Å². The standard InChI is InChI=1S/C20H18IN5O/c1-20(21,15-4-3-5-16(9-15)27-2)26-19-12-22-18-8-13(6-7-17(18)25-19)14-10-23-24-11-14/h3-12H,1-2H3,(H,23,24)(H,25,26)/t20-/m0/s1. The fourth-order valence-electron chi connectivity index (χ4n) is 2.89. The number of halogens is 1.